The van der Waals surface area contributed by atoms with Crippen molar-refractivity contribution in [2.75, 3.05) is 31.6 Å². The summed E-state index contributed by atoms with van der Waals surface area (Å²) in [6.45, 7) is 5.49. The summed E-state index contributed by atoms with van der Waals surface area (Å²) < 4.78 is 0. The molecule has 0 unspecified atom stereocenters. The molecule has 0 aromatic heterocycles. The van der Waals surface area contributed by atoms with Crippen LogP contribution in [0.4, 0.5) is 5.69 Å². The maximum Gasteiger partial charge on any atom is 0.228 e. The topological polar surface area (TPSA) is 23.6 Å². The van der Waals surface area contributed by atoms with Gasteiger partial charge in [-0.2, -0.15) is 0 Å². The van der Waals surface area contributed by atoms with Crippen LogP contribution in [0.2, 0.25) is 0 Å². The molecule has 104 valence electrons. The molecule has 0 saturated carbocycles. The number of nitrogens with zero attached hydrogens (tertiary/aromatic N) is 2. The minimum Gasteiger partial charge on any atom is -0.315 e. The molecule has 1 aromatic carbocycles. The first-order valence-corrected chi connectivity index (χ1v) is 7.21. The van der Waals surface area contributed by atoms with E-state index in [1.165, 1.54) is 12.8 Å². The lowest BCUT2D eigenvalue weighted by atomic mass is 9.99. The summed E-state index contributed by atoms with van der Waals surface area (Å²) in [5, 5.41) is 0. The maximum absolute atomic E-state index is 12.1. The second kappa shape index (κ2) is 6.71. The molecule has 1 aliphatic heterocycles. The lowest BCUT2D eigenvalue weighted by molar-refractivity contribution is -0.118. The van der Waals surface area contributed by atoms with Gasteiger partial charge < -0.3 is 9.80 Å². The number of anilines is 1. The van der Waals surface area contributed by atoms with Crippen LogP contribution >= 0.6 is 0 Å². The highest BCUT2D eigenvalue weighted by atomic mass is 16.2. The molecule has 0 spiro atoms. The van der Waals surface area contributed by atoms with Crippen LogP contribution < -0.4 is 4.90 Å². The van der Waals surface area contributed by atoms with Crippen LogP contribution in [-0.4, -0.2) is 37.5 Å². The lowest BCUT2D eigenvalue weighted by Crippen LogP contribution is -2.36. The molecule has 0 radical (unpaired) electrons. The molecule has 1 aliphatic rings. The Hall–Kier alpha value is -1.35. The Bertz CT molecular complexity index is 396. The standard InChI is InChI=1S/C16H24N2O/c1-14-8-11-18(12-9-14)13-10-16(19)17(2)15-6-4-3-5-7-15/h3-7,14H,8-13H2,1-2H3. The number of piperidine rings is 1. The van der Waals surface area contributed by atoms with E-state index in [9.17, 15) is 4.79 Å². The van der Waals surface area contributed by atoms with Gasteiger partial charge in [-0.15, -0.1) is 0 Å². The van der Waals surface area contributed by atoms with Crippen LogP contribution in [0.3, 0.4) is 0 Å². The van der Waals surface area contributed by atoms with Gasteiger partial charge in [0.1, 0.15) is 0 Å². The fraction of sp³-hybridized carbons (Fsp3) is 0.562. The van der Waals surface area contributed by atoms with Crippen molar-refractivity contribution < 1.29 is 4.79 Å². The third kappa shape index (κ3) is 4.06. The maximum atomic E-state index is 12.1. The van der Waals surface area contributed by atoms with E-state index in [0.717, 1.165) is 31.2 Å². The number of likely N-dealkylation sites (tertiary alicyclic amines) is 1. The minimum absolute atomic E-state index is 0.199. The molecule has 1 heterocycles. The van der Waals surface area contributed by atoms with Crippen molar-refractivity contribution in [1.82, 2.24) is 4.90 Å². The number of hydrogen-bond donors (Lipinski definition) is 0. The normalized spacial score (nSPS) is 17.4. The summed E-state index contributed by atoms with van der Waals surface area (Å²) in [4.78, 5) is 16.3. The summed E-state index contributed by atoms with van der Waals surface area (Å²) in [5.74, 6) is 1.05. The smallest absolute Gasteiger partial charge is 0.228 e. The molecule has 0 N–H and O–H groups in total. The zero-order chi connectivity index (χ0) is 13.7. The third-order valence-corrected chi connectivity index (χ3v) is 4.04. The third-order valence-electron chi connectivity index (χ3n) is 4.04. The van der Waals surface area contributed by atoms with E-state index >= 15 is 0 Å². The molecule has 19 heavy (non-hydrogen) atoms. The monoisotopic (exact) mass is 260 g/mol. The zero-order valence-electron chi connectivity index (χ0n) is 12.0. The predicted octanol–water partition coefficient (Wildman–Crippen LogP) is 2.77. The van der Waals surface area contributed by atoms with Crippen molar-refractivity contribution in [3.05, 3.63) is 30.3 Å². The van der Waals surface area contributed by atoms with Gasteiger partial charge in [-0.25, -0.2) is 0 Å². The lowest BCUT2D eigenvalue weighted by Gasteiger charge is -2.30. The highest BCUT2D eigenvalue weighted by Gasteiger charge is 2.17. The Morgan fingerprint density at radius 2 is 1.89 bits per heavy atom. The van der Waals surface area contributed by atoms with Crippen molar-refractivity contribution in [3.63, 3.8) is 0 Å². The first kappa shape index (κ1) is 14.1. The molecule has 1 saturated heterocycles. The number of rotatable bonds is 4. The van der Waals surface area contributed by atoms with E-state index in [4.69, 9.17) is 0 Å². The first-order chi connectivity index (χ1) is 9.16. The van der Waals surface area contributed by atoms with E-state index < -0.39 is 0 Å². The van der Waals surface area contributed by atoms with Crippen LogP contribution in [0.1, 0.15) is 26.2 Å². The van der Waals surface area contributed by atoms with Gasteiger partial charge in [-0.1, -0.05) is 25.1 Å². The molecule has 3 nitrogen and oxygen atoms in total. The van der Waals surface area contributed by atoms with E-state index in [-0.39, 0.29) is 5.91 Å². The van der Waals surface area contributed by atoms with Crippen LogP contribution in [0.25, 0.3) is 0 Å². The van der Waals surface area contributed by atoms with Gasteiger partial charge in [-0.3, -0.25) is 4.79 Å². The van der Waals surface area contributed by atoms with Crippen molar-refractivity contribution in [1.29, 1.82) is 0 Å². The molecular formula is C16H24N2O. The van der Waals surface area contributed by atoms with E-state index in [2.05, 4.69) is 11.8 Å². The fourth-order valence-corrected chi connectivity index (χ4v) is 2.50. The number of carbonyl (C=O) groups is 1. The molecule has 1 amide bonds. The van der Waals surface area contributed by atoms with Gasteiger partial charge in [0.15, 0.2) is 0 Å². The van der Waals surface area contributed by atoms with Gasteiger partial charge in [-0.05, 0) is 44.0 Å². The van der Waals surface area contributed by atoms with Gasteiger partial charge >= 0.3 is 0 Å². The number of carbonyl (C=O) groups excluding carboxylic acids is 1. The summed E-state index contributed by atoms with van der Waals surface area (Å²) >= 11 is 0. The zero-order valence-corrected chi connectivity index (χ0v) is 12.0. The quantitative estimate of drug-likeness (QED) is 0.831. The van der Waals surface area contributed by atoms with Gasteiger partial charge in [0.05, 0.1) is 0 Å². The van der Waals surface area contributed by atoms with Crippen LogP contribution in [0.15, 0.2) is 30.3 Å². The molecule has 1 fully saturated rings. The first-order valence-electron chi connectivity index (χ1n) is 7.21. The summed E-state index contributed by atoms with van der Waals surface area (Å²) in [6, 6.07) is 9.84. The largest absolute Gasteiger partial charge is 0.315 e. The van der Waals surface area contributed by atoms with Crippen molar-refractivity contribution in [3.8, 4) is 0 Å². The Labute approximate surface area is 116 Å². The molecule has 0 aliphatic carbocycles. The second-order valence-electron chi connectivity index (χ2n) is 5.56. The van der Waals surface area contributed by atoms with Gasteiger partial charge in [0.25, 0.3) is 0 Å². The molecule has 2 rings (SSSR count). The number of amides is 1. The molecule has 3 heteroatoms. The van der Waals surface area contributed by atoms with Gasteiger partial charge in [0.2, 0.25) is 5.91 Å². The van der Waals surface area contributed by atoms with Crippen LogP contribution in [0, 0.1) is 5.92 Å². The van der Waals surface area contributed by atoms with E-state index in [1.54, 1.807) is 4.90 Å². The number of hydrogen-bond acceptors (Lipinski definition) is 2. The number of para-hydroxylation sites is 1. The Balaban J connectivity index is 1.78. The van der Waals surface area contributed by atoms with Gasteiger partial charge in [0, 0.05) is 25.7 Å². The van der Waals surface area contributed by atoms with Crippen molar-refractivity contribution in [2.45, 2.75) is 26.2 Å². The highest BCUT2D eigenvalue weighted by Crippen LogP contribution is 2.17. The Morgan fingerprint density at radius 1 is 1.26 bits per heavy atom. The Morgan fingerprint density at radius 3 is 2.53 bits per heavy atom. The van der Waals surface area contributed by atoms with Crippen molar-refractivity contribution in [2.24, 2.45) is 5.92 Å². The average molecular weight is 260 g/mol. The summed E-state index contributed by atoms with van der Waals surface area (Å²) in [7, 11) is 1.86. The highest BCUT2D eigenvalue weighted by molar-refractivity contribution is 5.92. The predicted molar refractivity (Wildman–Crippen MR) is 79.3 cm³/mol. The molecule has 1 aromatic rings. The minimum atomic E-state index is 0.199. The number of benzene rings is 1. The van der Waals surface area contributed by atoms with E-state index in [1.807, 2.05) is 37.4 Å². The molecule has 0 atom stereocenters. The molecule has 0 bridgehead atoms. The van der Waals surface area contributed by atoms with E-state index in [0.29, 0.717) is 6.42 Å². The summed E-state index contributed by atoms with van der Waals surface area (Å²) in [5.41, 5.74) is 0.972. The van der Waals surface area contributed by atoms with Crippen LogP contribution in [-0.2, 0) is 4.79 Å². The van der Waals surface area contributed by atoms with Crippen LogP contribution in [0.5, 0.6) is 0 Å². The Kier molecular flexibility index (Phi) is 4.97. The van der Waals surface area contributed by atoms with Crippen molar-refractivity contribution >= 4 is 11.6 Å². The SMILES string of the molecule is CC1CCN(CCC(=O)N(C)c2ccccc2)CC1. The molecular weight excluding hydrogens is 236 g/mol. The second-order valence-corrected chi connectivity index (χ2v) is 5.56. The average Bonchev–Trinajstić information content (AvgIpc) is 2.46. The summed E-state index contributed by atoms with van der Waals surface area (Å²) in [6.07, 6.45) is 3.14. The fourth-order valence-electron chi connectivity index (χ4n) is 2.50.